The number of aromatic amines is 1. The number of para-hydroxylation sites is 1. The molecule has 0 saturated carbocycles. The Labute approximate surface area is 112 Å². The molecule has 0 bridgehead atoms. The van der Waals surface area contributed by atoms with Gasteiger partial charge >= 0.3 is 0 Å². The van der Waals surface area contributed by atoms with Gasteiger partial charge in [0.15, 0.2) is 0 Å². The van der Waals surface area contributed by atoms with Gasteiger partial charge < -0.3 is 10.1 Å². The number of hydrogen-bond donors (Lipinski definition) is 2. The summed E-state index contributed by atoms with van der Waals surface area (Å²) in [7, 11) is 0. The molecule has 2 nitrogen and oxygen atoms in total. The van der Waals surface area contributed by atoms with E-state index in [4.69, 9.17) is 0 Å². The molecule has 2 N–H and O–H groups in total. The molecular weight excluding hydrogens is 234 g/mol. The molecule has 1 aromatic heterocycles. The number of aromatic nitrogens is 1. The van der Waals surface area contributed by atoms with Gasteiger partial charge in [0.2, 0.25) is 0 Å². The van der Waals surface area contributed by atoms with Gasteiger partial charge in [0.05, 0.1) is 6.61 Å². The zero-order valence-electron chi connectivity index (χ0n) is 10.9. The number of benzene rings is 2. The molecule has 1 heterocycles. The second-order valence-corrected chi connectivity index (χ2v) is 4.86. The Kier molecular flexibility index (Phi) is 3.10. The van der Waals surface area contributed by atoms with Crippen LogP contribution in [-0.2, 0) is 0 Å². The van der Waals surface area contributed by atoms with E-state index >= 15 is 0 Å². The minimum absolute atomic E-state index is 0.0253. The Bertz CT molecular complexity index is 685. The van der Waals surface area contributed by atoms with Crippen molar-refractivity contribution in [3.05, 3.63) is 71.4 Å². The minimum Gasteiger partial charge on any atom is -0.395 e. The average molecular weight is 251 g/mol. The molecule has 96 valence electrons. The maximum absolute atomic E-state index is 9.82. The molecule has 0 aliphatic heterocycles. The van der Waals surface area contributed by atoms with E-state index in [9.17, 15) is 5.11 Å². The summed E-state index contributed by atoms with van der Waals surface area (Å²) < 4.78 is 0. The quantitative estimate of drug-likeness (QED) is 0.733. The van der Waals surface area contributed by atoms with Crippen molar-refractivity contribution in [3.8, 4) is 0 Å². The standard InChI is InChI=1S/C17H17NO/c1-12-17(14-9-5-6-10-16(14)18-12)15(11-19)13-7-3-2-4-8-13/h2-10,15,18-19H,11H2,1H3. The number of aliphatic hydroxyl groups excluding tert-OH is 1. The Morgan fingerprint density at radius 3 is 2.42 bits per heavy atom. The number of rotatable bonds is 3. The number of aryl methyl sites for hydroxylation is 1. The largest absolute Gasteiger partial charge is 0.395 e. The van der Waals surface area contributed by atoms with Gasteiger partial charge in [-0.3, -0.25) is 0 Å². The number of nitrogens with one attached hydrogen (secondary N) is 1. The van der Waals surface area contributed by atoms with E-state index in [2.05, 4.69) is 36.2 Å². The number of H-pyrrole nitrogens is 1. The number of aliphatic hydroxyl groups is 1. The van der Waals surface area contributed by atoms with Crippen molar-refractivity contribution < 1.29 is 5.11 Å². The molecule has 2 aromatic carbocycles. The lowest BCUT2D eigenvalue weighted by molar-refractivity contribution is 0.281. The topological polar surface area (TPSA) is 36.0 Å². The maximum atomic E-state index is 9.82. The maximum Gasteiger partial charge on any atom is 0.0541 e. The van der Waals surface area contributed by atoms with Crippen molar-refractivity contribution in [3.63, 3.8) is 0 Å². The lowest BCUT2D eigenvalue weighted by Crippen LogP contribution is -2.06. The molecule has 0 spiro atoms. The highest BCUT2D eigenvalue weighted by atomic mass is 16.3. The van der Waals surface area contributed by atoms with Crippen molar-refractivity contribution in [2.24, 2.45) is 0 Å². The van der Waals surface area contributed by atoms with Gasteiger partial charge in [-0.05, 0) is 24.1 Å². The van der Waals surface area contributed by atoms with Crippen LogP contribution in [0.2, 0.25) is 0 Å². The van der Waals surface area contributed by atoms with E-state index in [1.54, 1.807) is 0 Å². The first-order chi connectivity index (χ1) is 9.31. The summed E-state index contributed by atoms with van der Waals surface area (Å²) in [6.45, 7) is 2.19. The first-order valence-corrected chi connectivity index (χ1v) is 6.54. The SMILES string of the molecule is Cc1[nH]c2ccccc2c1C(CO)c1ccccc1. The van der Waals surface area contributed by atoms with Gasteiger partial charge in [-0.1, -0.05) is 48.5 Å². The van der Waals surface area contributed by atoms with Crippen LogP contribution in [0.4, 0.5) is 0 Å². The second kappa shape index (κ2) is 4.90. The summed E-state index contributed by atoms with van der Waals surface area (Å²) in [6, 6.07) is 18.4. The van der Waals surface area contributed by atoms with Gasteiger partial charge in [0, 0.05) is 22.5 Å². The minimum atomic E-state index is 0.0253. The van der Waals surface area contributed by atoms with Crippen LogP contribution in [0.25, 0.3) is 10.9 Å². The highest BCUT2D eigenvalue weighted by Crippen LogP contribution is 2.33. The fourth-order valence-corrected chi connectivity index (χ4v) is 2.80. The van der Waals surface area contributed by atoms with Crippen molar-refractivity contribution in [2.45, 2.75) is 12.8 Å². The lowest BCUT2D eigenvalue weighted by atomic mass is 9.90. The molecule has 1 atom stereocenters. The fraction of sp³-hybridized carbons (Fsp3) is 0.176. The highest BCUT2D eigenvalue weighted by molar-refractivity contribution is 5.85. The molecule has 0 aliphatic rings. The third-order valence-electron chi connectivity index (χ3n) is 3.68. The molecule has 3 aromatic rings. The van der Waals surface area contributed by atoms with E-state index in [1.807, 2.05) is 30.3 Å². The van der Waals surface area contributed by atoms with Crippen LogP contribution in [0.1, 0.15) is 22.7 Å². The number of fused-ring (bicyclic) bond motifs is 1. The highest BCUT2D eigenvalue weighted by Gasteiger charge is 2.19. The Morgan fingerprint density at radius 2 is 1.68 bits per heavy atom. The van der Waals surface area contributed by atoms with E-state index in [1.165, 1.54) is 10.9 Å². The van der Waals surface area contributed by atoms with Crippen molar-refractivity contribution in [1.29, 1.82) is 0 Å². The van der Waals surface area contributed by atoms with Crippen LogP contribution in [-0.4, -0.2) is 16.7 Å². The predicted molar refractivity (Wildman–Crippen MR) is 78.4 cm³/mol. The summed E-state index contributed by atoms with van der Waals surface area (Å²) in [4.78, 5) is 3.40. The second-order valence-electron chi connectivity index (χ2n) is 4.86. The third-order valence-corrected chi connectivity index (χ3v) is 3.68. The summed E-state index contributed by atoms with van der Waals surface area (Å²) in [5.74, 6) is 0.0253. The van der Waals surface area contributed by atoms with E-state index in [-0.39, 0.29) is 12.5 Å². The Morgan fingerprint density at radius 1 is 1.00 bits per heavy atom. The van der Waals surface area contributed by atoms with Crippen molar-refractivity contribution >= 4 is 10.9 Å². The van der Waals surface area contributed by atoms with E-state index < -0.39 is 0 Å². The number of hydrogen-bond acceptors (Lipinski definition) is 1. The van der Waals surface area contributed by atoms with Crippen LogP contribution >= 0.6 is 0 Å². The van der Waals surface area contributed by atoms with Crippen LogP contribution < -0.4 is 0 Å². The summed E-state index contributed by atoms with van der Waals surface area (Å²) >= 11 is 0. The molecule has 19 heavy (non-hydrogen) atoms. The summed E-state index contributed by atoms with van der Waals surface area (Å²) in [5.41, 5.74) is 4.61. The van der Waals surface area contributed by atoms with E-state index in [0.29, 0.717) is 0 Å². The monoisotopic (exact) mass is 251 g/mol. The van der Waals surface area contributed by atoms with Crippen LogP contribution in [0.3, 0.4) is 0 Å². The van der Waals surface area contributed by atoms with Gasteiger partial charge in [-0.25, -0.2) is 0 Å². The zero-order valence-corrected chi connectivity index (χ0v) is 10.9. The summed E-state index contributed by atoms with van der Waals surface area (Å²) in [5, 5.41) is 11.0. The first kappa shape index (κ1) is 12.0. The average Bonchev–Trinajstić information content (AvgIpc) is 2.78. The molecule has 0 saturated heterocycles. The van der Waals surface area contributed by atoms with Gasteiger partial charge in [-0.15, -0.1) is 0 Å². The third kappa shape index (κ3) is 2.04. The fourth-order valence-electron chi connectivity index (χ4n) is 2.80. The van der Waals surface area contributed by atoms with Crippen LogP contribution in [0.15, 0.2) is 54.6 Å². The normalized spacial score (nSPS) is 12.7. The lowest BCUT2D eigenvalue weighted by Gasteiger charge is -2.15. The van der Waals surface area contributed by atoms with Crippen molar-refractivity contribution in [1.82, 2.24) is 4.98 Å². The molecule has 1 unspecified atom stereocenters. The Hall–Kier alpha value is -2.06. The summed E-state index contributed by atoms with van der Waals surface area (Å²) in [6.07, 6.45) is 0. The van der Waals surface area contributed by atoms with Gasteiger partial charge in [0.25, 0.3) is 0 Å². The molecule has 0 fully saturated rings. The molecular formula is C17H17NO. The molecule has 0 radical (unpaired) electrons. The molecule has 0 amide bonds. The smallest absolute Gasteiger partial charge is 0.0541 e. The van der Waals surface area contributed by atoms with Crippen LogP contribution in [0, 0.1) is 6.92 Å². The molecule has 0 aliphatic carbocycles. The van der Waals surface area contributed by atoms with Crippen molar-refractivity contribution in [2.75, 3.05) is 6.61 Å². The molecule has 2 heteroatoms. The zero-order chi connectivity index (χ0) is 13.2. The van der Waals surface area contributed by atoms with Gasteiger partial charge in [-0.2, -0.15) is 0 Å². The van der Waals surface area contributed by atoms with Crippen LogP contribution in [0.5, 0.6) is 0 Å². The predicted octanol–water partition coefficient (Wildman–Crippen LogP) is 3.60. The first-order valence-electron chi connectivity index (χ1n) is 6.54. The molecule has 3 rings (SSSR count). The van der Waals surface area contributed by atoms with E-state index in [0.717, 1.165) is 16.8 Å². The Balaban J connectivity index is 2.19. The van der Waals surface area contributed by atoms with Gasteiger partial charge in [0.1, 0.15) is 0 Å².